The highest BCUT2D eigenvalue weighted by molar-refractivity contribution is 6.30. The van der Waals surface area contributed by atoms with Crippen LogP contribution in [0.2, 0.25) is 5.02 Å². The van der Waals surface area contributed by atoms with Gasteiger partial charge in [0.15, 0.2) is 0 Å². The molecule has 0 unspecified atom stereocenters. The van der Waals surface area contributed by atoms with Crippen molar-refractivity contribution in [1.29, 1.82) is 0 Å². The molecule has 1 aromatic carbocycles. The van der Waals surface area contributed by atoms with Crippen molar-refractivity contribution in [2.24, 2.45) is 11.1 Å². The number of aromatic nitrogens is 2. The molecule has 0 saturated carbocycles. The number of rotatable bonds is 6. The third kappa shape index (κ3) is 3.61. The molecule has 0 bridgehead atoms. The molecule has 2 aromatic rings. The van der Waals surface area contributed by atoms with E-state index >= 15 is 0 Å². The largest absolute Gasteiger partial charge is 0.369 e. The third-order valence-electron chi connectivity index (χ3n) is 4.75. The number of nitrogens with two attached hydrogens (primary N) is 1. The average Bonchev–Trinajstić information content (AvgIpc) is 2.54. The third-order valence-corrected chi connectivity index (χ3v) is 5.00. The Kier molecular flexibility index (Phi) is 4.95. The van der Waals surface area contributed by atoms with Crippen LogP contribution >= 0.6 is 11.6 Å². The molecule has 1 aliphatic rings. The molecule has 2 heterocycles. The zero-order valence-electron chi connectivity index (χ0n) is 14.6. The normalized spacial score (nSPS) is 15.7. The van der Waals surface area contributed by atoms with E-state index in [9.17, 15) is 4.79 Å². The predicted octanol–water partition coefficient (Wildman–Crippen LogP) is 2.93. The molecule has 3 rings (SSSR count). The van der Waals surface area contributed by atoms with Crippen LogP contribution in [0, 0.1) is 12.3 Å². The minimum atomic E-state index is -0.559. The van der Waals surface area contributed by atoms with E-state index in [1.807, 2.05) is 37.4 Å². The van der Waals surface area contributed by atoms with Crippen LogP contribution in [0.4, 0.5) is 5.82 Å². The lowest BCUT2D eigenvalue weighted by Crippen LogP contribution is -2.64. The minimum Gasteiger partial charge on any atom is -0.369 e. The van der Waals surface area contributed by atoms with Gasteiger partial charge in [0.2, 0.25) is 5.91 Å². The Hall–Kier alpha value is -2.14. The van der Waals surface area contributed by atoms with Crippen molar-refractivity contribution in [2.45, 2.75) is 33.1 Å². The van der Waals surface area contributed by atoms with Crippen LogP contribution in [-0.2, 0) is 17.6 Å². The molecular formula is C19H23ClN4O. The van der Waals surface area contributed by atoms with Crippen LogP contribution in [0.25, 0.3) is 0 Å². The number of nitrogens with zero attached hydrogens (tertiary/aromatic N) is 3. The van der Waals surface area contributed by atoms with Crippen molar-refractivity contribution in [3.8, 4) is 0 Å². The van der Waals surface area contributed by atoms with Crippen LogP contribution in [0.3, 0.4) is 0 Å². The second-order valence-corrected chi connectivity index (χ2v) is 7.26. The molecule has 1 saturated heterocycles. The number of carbonyl (C=O) groups is 1. The van der Waals surface area contributed by atoms with E-state index < -0.39 is 5.41 Å². The average molecular weight is 359 g/mol. The van der Waals surface area contributed by atoms with Gasteiger partial charge in [-0.1, -0.05) is 37.1 Å². The Bertz CT molecular complexity index is 769. The summed E-state index contributed by atoms with van der Waals surface area (Å²) in [6.45, 7) is 5.18. The van der Waals surface area contributed by atoms with E-state index in [4.69, 9.17) is 17.3 Å². The van der Waals surface area contributed by atoms with Gasteiger partial charge >= 0.3 is 0 Å². The van der Waals surface area contributed by atoms with Crippen LogP contribution in [0.5, 0.6) is 0 Å². The first-order valence-corrected chi connectivity index (χ1v) is 8.93. The molecule has 25 heavy (non-hydrogen) atoms. The van der Waals surface area contributed by atoms with Crippen LogP contribution in [0.1, 0.15) is 30.3 Å². The maximum atomic E-state index is 12.2. The summed E-state index contributed by atoms with van der Waals surface area (Å²) in [4.78, 5) is 23.2. The van der Waals surface area contributed by atoms with E-state index in [2.05, 4.69) is 21.8 Å². The number of benzene rings is 1. The van der Waals surface area contributed by atoms with Gasteiger partial charge in [0.05, 0.1) is 5.41 Å². The van der Waals surface area contributed by atoms with Gasteiger partial charge in [-0.05, 0) is 37.5 Å². The van der Waals surface area contributed by atoms with Crippen molar-refractivity contribution in [3.63, 3.8) is 0 Å². The lowest BCUT2D eigenvalue weighted by Gasteiger charge is -2.49. The molecule has 1 aliphatic heterocycles. The topological polar surface area (TPSA) is 72.1 Å². The second kappa shape index (κ2) is 7.00. The molecule has 1 amide bonds. The predicted molar refractivity (Wildman–Crippen MR) is 99.8 cm³/mol. The fourth-order valence-corrected chi connectivity index (χ4v) is 3.51. The smallest absolute Gasteiger partial charge is 0.227 e. The first-order chi connectivity index (χ1) is 11.9. The number of hydrogen-bond acceptors (Lipinski definition) is 4. The number of halogens is 1. The van der Waals surface area contributed by atoms with Gasteiger partial charge in [-0.25, -0.2) is 9.97 Å². The van der Waals surface area contributed by atoms with Crippen LogP contribution < -0.4 is 10.6 Å². The molecule has 5 nitrogen and oxygen atoms in total. The van der Waals surface area contributed by atoms with E-state index in [0.717, 1.165) is 35.6 Å². The standard InChI is InChI=1S/C19H23ClN4O/c1-3-4-15-10-22-13(2)23-17(15)24-11-19(12-24,18(21)25)9-14-5-7-16(20)8-6-14/h5-8,10H,3-4,9,11-12H2,1-2H3,(H2,21,25). The Morgan fingerprint density at radius 2 is 2.00 bits per heavy atom. The summed E-state index contributed by atoms with van der Waals surface area (Å²) in [5.74, 6) is 1.41. The first kappa shape index (κ1) is 17.7. The SMILES string of the molecule is CCCc1cnc(C)nc1N1CC(Cc2ccc(Cl)cc2)(C(N)=O)C1. The van der Waals surface area contributed by atoms with Crippen molar-refractivity contribution in [1.82, 2.24) is 9.97 Å². The van der Waals surface area contributed by atoms with Crippen molar-refractivity contribution < 1.29 is 4.79 Å². The molecule has 2 N–H and O–H groups in total. The lowest BCUT2D eigenvalue weighted by atomic mass is 9.74. The van der Waals surface area contributed by atoms with Crippen molar-refractivity contribution >= 4 is 23.3 Å². The Balaban J connectivity index is 1.80. The summed E-state index contributed by atoms with van der Waals surface area (Å²) in [6, 6.07) is 7.59. The van der Waals surface area contributed by atoms with Gasteiger partial charge in [0, 0.05) is 29.9 Å². The molecule has 1 aromatic heterocycles. The zero-order valence-corrected chi connectivity index (χ0v) is 15.4. The van der Waals surface area contributed by atoms with Gasteiger partial charge in [-0.2, -0.15) is 0 Å². The number of amides is 1. The summed E-state index contributed by atoms with van der Waals surface area (Å²) in [5, 5.41) is 0.688. The first-order valence-electron chi connectivity index (χ1n) is 8.55. The molecule has 0 radical (unpaired) electrons. The molecule has 6 heteroatoms. The monoisotopic (exact) mass is 358 g/mol. The highest BCUT2D eigenvalue weighted by Crippen LogP contribution is 2.38. The maximum absolute atomic E-state index is 12.2. The highest BCUT2D eigenvalue weighted by Gasteiger charge is 2.49. The molecular weight excluding hydrogens is 336 g/mol. The number of aryl methyl sites for hydroxylation is 2. The number of anilines is 1. The summed E-state index contributed by atoms with van der Waals surface area (Å²) < 4.78 is 0. The van der Waals surface area contributed by atoms with Crippen molar-refractivity contribution in [3.05, 3.63) is 52.4 Å². The van der Waals surface area contributed by atoms with E-state index in [1.54, 1.807) is 0 Å². The molecule has 0 aliphatic carbocycles. The second-order valence-electron chi connectivity index (χ2n) is 6.82. The molecule has 1 fully saturated rings. The summed E-state index contributed by atoms with van der Waals surface area (Å²) in [7, 11) is 0. The molecule has 0 spiro atoms. The fourth-order valence-electron chi connectivity index (χ4n) is 3.38. The van der Waals surface area contributed by atoms with E-state index in [0.29, 0.717) is 24.5 Å². The molecule has 132 valence electrons. The Morgan fingerprint density at radius 3 is 2.60 bits per heavy atom. The summed E-state index contributed by atoms with van der Waals surface area (Å²) in [5.41, 5.74) is 7.38. The number of primary amides is 1. The Morgan fingerprint density at radius 1 is 1.32 bits per heavy atom. The van der Waals surface area contributed by atoms with Crippen LogP contribution in [0.15, 0.2) is 30.5 Å². The summed E-state index contributed by atoms with van der Waals surface area (Å²) in [6.07, 6.45) is 4.46. The number of hydrogen-bond donors (Lipinski definition) is 1. The highest BCUT2D eigenvalue weighted by atomic mass is 35.5. The lowest BCUT2D eigenvalue weighted by molar-refractivity contribution is -0.129. The van der Waals surface area contributed by atoms with Gasteiger partial charge < -0.3 is 10.6 Å². The quantitative estimate of drug-likeness (QED) is 0.861. The zero-order chi connectivity index (χ0) is 18.0. The van der Waals surface area contributed by atoms with Gasteiger partial charge in [-0.3, -0.25) is 4.79 Å². The van der Waals surface area contributed by atoms with Crippen molar-refractivity contribution in [2.75, 3.05) is 18.0 Å². The maximum Gasteiger partial charge on any atom is 0.227 e. The van der Waals surface area contributed by atoms with E-state index in [1.165, 1.54) is 0 Å². The molecule has 0 atom stereocenters. The van der Waals surface area contributed by atoms with Gasteiger partial charge in [0.1, 0.15) is 11.6 Å². The Labute approximate surface area is 153 Å². The van der Waals surface area contributed by atoms with Gasteiger partial charge in [0.25, 0.3) is 0 Å². The van der Waals surface area contributed by atoms with E-state index in [-0.39, 0.29) is 5.91 Å². The van der Waals surface area contributed by atoms with Crippen LogP contribution in [-0.4, -0.2) is 29.0 Å². The minimum absolute atomic E-state index is 0.262. The number of carbonyl (C=O) groups excluding carboxylic acids is 1. The van der Waals surface area contributed by atoms with Gasteiger partial charge in [-0.15, -0.1) is 0 Å². The summed E-state index contributed by atoms with van der Waals surface area (Å²) >= 11 is 5.94. The fraction of sp³-hybridized carbons (Fsp3) is 0.421.